The number of nitrogens with two attached hydrogens (primary N) is 1. The van der Waals surface area contributed by atoms with Crippen molar-refractivity contribution in [3.05, 3.63) is 22.7 Å². The summed E-state index contributed by atoms with van der Waals surface area (Å²) in [6, 6.07) is 4.91. The molecule has 0 saturated carbocycles. The fraction of sp³-hybridized carbons (Fsp3) is 0.538. The predicted molar refractivity (Wildman–Crippen MR) is 80.3 cm³/mol. The van der Waals surface area contributed by atoms with Gasteiger partial charge in [-0.2, -0.15) is 4.31 Å². The van der Waals surface area contributed by atoms with Gasteiger partial charge in [0.25, 0.3) is 0 Å². The Morgan fingerprint density at radius 3 is 2.68 bits per heavy atom. The van der Waals surface area contributed by atoms with Crippen LogP contribution in [0.4, 0.5) is 5.69 Å². The number of hydrogen-bond acceptors (Lipinski definition) is 3. The zero-order valence-electron chi connectivity index (χ0n) is 11.1. The summed E-state index contributed by atoms with van der Waals surface area (Å²) < 4.78 is 27.6. The maximum Gasteiger partial charge on any atom is 0.244 e. The lowest BCUT2D eigenvalue weighted by molar-refractivity contribution is 0.220. The van der Waals surface area contributed by atoms with Gasteiger partial charge in [-0.1, -0.05) is 6.92 Å². The van der Waals surface area contributed by atoms with Gasteiger partial charge in [-0.25, -0.2) is 8.42 Å². The molecule has 2 rings (SSSR count). The average Bonchev–Trinajstić information content (AvgIpc) is 2.31. The number of nitrogen functional groups attached to an aromatic ring is 1. The Bertz CT molecular complexity index is 574. The van der Waals surface area contributed by atoms with Crippen LogP contribution in [0.2, 0.25) is 0 Å². The van der Waals surface area contributed by atoms with Crippen molar-refractivity contribution >= 4 is 31.6 Å². The van der Waals surface area contributed by atoms with Crippen molar-refractivity contribution in [2.45, 2.75) is 37.6 Å². The molecule has 1 fully saturated rings. The van der Waals surface area contributed by atoms with E-state index in [-0.39, 0.29) is 10.9 Å². The molecule has 2 atom stereocenters. The van der Waals surface area contributed by atoms with Gasteiger partial charge in [0.15, 0.2) is 0 Å². The van der Waals surface area contributed by atoms with Crippen LogP contribution in [0, 0.1) is 5.92 Å². The van der Waals surface area contributed by atoms with E-state index in [1.165, 1.54) is 6.07 Å². The molecule has 1 aliphatic heterocycles. The molecular weight excluding hydrogens is 328 g/mol. The van der Waals surface area contributed by atoms with E-state index < -0.39 is 10.0 Å². The second kappa shape index (κ2) is 5.42. The number of sulfonamides is 1. The average molecular weight is 347 g/mol. The molecule has 1 aliphatic rings. The third-order valence-electron chi connectivity index (χ3n) is 3.62. The van der Waals surface area contributed by atoms with E-state index in [4.69, 9.17) is 5.73 Å². The lowest BCUT2D eigenvalue weighted by Crippen LogP contribution is -2.44. The molecule has 2 N–H and O–H groups in total. The first-order chi connectivity index (χ1) is 8.82. The Kier molecular flexibility index (Phi) is 4.23. The maximum absolute atomic E-state index is 12.7. The van der Waals surface area contributed by atoms with E-state index in [9.17, 15) is 8.42 Å². The second-order valence-corrected chi connectivity index (χ2v) is 8.00. The fourth-order valence-corrected chi connectivity index (χ4v) is 5.20. The molecule has 1 heterocycles. The Hall–Kier alpha value is -0.590. The first-order valence-electron chi connectivity index (χ1n) is 6.39. The maximum atomic E-state index is 12.7. The molecule has 0 aliphatic carbocycles. The van der Waals surface area contributed by atoms with Crippen LogP contribution >= 0.6 is 15.9 Å². The highest BCUT2D eigenvalue weighted by molar-refractivity contribution is 9.10. The van der Waals surface area contributed by atoms with Crippen LogP contribution in [-0.2, 0) is 10.0 Å². The SMILES string of the molecule is CC1CCN(S(=O)(=O)c2cc(N)ccc2Br)C(C)C1. The summed E-state index contributed by atoms with van der Waals surface area (Å²) in [5.41, 5.74) is 6.16. The van der Waals surface area contributed by atoms with Crippen LogP contribution in [0.25, 0.3) is 0 Å². The van der Waals surface area contributed by atoms with Crippen LogP contribution in [-0.4, -0.2) is 25.3 Å². The Balaban J connectivity index is 2.39. The van der Waals surface area contributed by atoms with Gasteiger partial charge < -0.3 is 5.73 Å². The minimum absolute atomic E-state index is 0.0297. The van der Waals surface area contributed by atoms with Gasteiger partial charge in [-0.15, -0.1) is 0 Å². The molecule has 1 aromatic rings. The van der Waals surface area contributed by atoms with Gasteiger partial charge in [0.1, 0.15) is 0 Å². The molecule has 1 aromatic carbocycles. The van der Waals surface area contributed by atoms with Gasteiger partial charge in [0, 0.05) is 22.7 Å². The summed E-state index contributed by atoms with van der Waals surface area (Å²) in [5, 5.41) is 0. The molecule has 2 unspecified atom stereocenters. The van der Waals surface area contributed by atoms with Crippen molar-refractivity contribution in [1.82, 2.24) is 4.31 Å². The van der Waals surface area contributed by atoms with Crippen molar-refractivity contribution in [3.8, 4) is 0 Å². The Labute approximate surface area is 123 Å². The molecule has 4 nitrogen and oxygen atoms in total. The van der Waals surface area contributed by atoms with Gasteiger partial charge in [-0.3, -0.25) is 0 Å². The molecule has 1 saturated heterocycles. The molecule has 0 aromatic heterocycles. The minimum Gasteiger partial charge on any atom is -0.399 e. The molecule has 0 bridgehead atoms. The topological polar surface area (TPSA) is 63.4 Å². The predicted octanol–water partition coefficient (Wildman–Crippen LogP) is 2.84. The summed E-state index contributed by atoms with van der Waals surface area (Å²) in [4.78, 5) is 0.258. The first-order valence-corrected chi connectivity index (χ1v) is 8.62. The van der Waals surface area contributed by atoms with Gasteiger partial charge in [-0.05, 0) is 59.8 Å². The third kappa shape index (κ3) is 2.95. The summed E-state index contributed by atoms with van der Waals surface area (Å²) in [7, 11) is -3.48. The number of hydrogen-bond donors (Lipinski definition) is 1. The highest BCUT2D eigenvalue weighted by Crippen LogP contribution is 2.32. The molecule has 0 spiro atoms. The molecule has 19 heavy (non-hydrogen) atoms. The van der Waals surface area contributed by atoms with Crippen molar-refractivity contribution in [1.29, 1.82) is 0 Å². The van der Waals surface area contributed by atoms with E-state index in [1.807, 2.05) is 6.92 Å². The summed E-state index contributed by atoms with van der Waals surface area (Å²) >= 11 is 3.30. The van der Waals surface area contributed by atoms with Gasteiger partial charge >= 0.3 is 0 Å². The Morgan fingerprint density at radius 1 is 1.37 bits per heavy atom. The smallest absolute Gasteiger partial charge is 0.244 e. The van der Waals surface area contributed by atoms with E-state index >= 15 is 0 Å². The lowest BCUT2D eigenvalue weighted by atomic mass is 9.95. The van der Waals surface area contributed by atoms with Crippen LogP contribution in [0.5, 0.6) is 0 Å². The van der Waals surface area contributed by atoms with Crippen LogP contribution < -0.4 is 5.73 Å². The van der Waals surface area contributed by atoms with Crippen molar-refractivity contribution < 1.29 is 8.42 Å². The molecule has 6 heteroatoms. The number of piperidine rings is 1. The number of anilines is 1. The molecular formula is C13H19BrN2O2S. The van der Waals surface area contributed by atoms with E-state index in [0.717, 1.165) is 12.8 Å². The lowest BCUT2D eigenvalue weighted by Gasteiger charge is -2.35. The monoisotopic (exact) mass is 346 g/mol. The summed E-state index contributed by atoms with van der Waals surface area (Å²) in [6.45, 7) is 4.70. The van der Waals surface area contributed by atoms with Crippen molar-refractivity contribution in [2.75, 3.05) is 12.3 Å². The quantitative estimate of drug-likeness (QED) is 0.837. The zero-order valence-corrected chi connectivity index (χ0v) is 13.5. The number of benzene rings is 1. The summed E-state index contributed by atoms with van der Waals surface area (Å²) in [6.07, 6.45) is 1.81. The van der Waals surface area contributed by atoms with Gasteiger partial charge in [0.2, 0.25) is 10.0 Å². The first kappa shape index (κ1) is 14.8. The van der Waals surface area contributed by atoms with E-state index in [2.05, 4.69) is 22.9 Å². The third-order valence-corrected chi connectivity index (χ3v) is 6.63. The fourth-order valence-electron chi connectivity index (χ4n) is 2.59. The number of rotatable bonds is 2. The molecule has 106 valence electrons. The second-order valence-electron chi connectivity index (χ2n) is 5.28. The Morgan fingerprint density at radius 2 is 2.05 bits per heavy atom. The van der Waals surface area contributed by atoms with Crippen molar-refractivity contribution in [3.63, 3.8) is 0 Å². The molecule has 0 radical (unpaired) electrons. The normalized spacial score (nSPS) is 25.4. The standard InChI is InChI=1S/C13H19BrN2O2S/c1-9-5-6-16(10(2)7-9)19(17,18)13-8-11(15)3-4-12(13)14/h3-4,8-10H,5-7,15H2,1-2H3. The zero-order chi connectivity index (χ0) is 14.2. The molecule has 0 amide bonds. The highest BCUT2D eigenvalue weighted by Gasteiger charge is 2.34. The number of nitrogens with zero attached hydrogens (tertiary/aromatic N) is 1. The number of halogens is 1. The highest BCUT2D eigenvalue weighted by atomic mass is 79.9. The van der Waals surface area contributed by atoms with Gasteiger partial charge in [0.05, 0.1) is 4.90 Å². The minimum atomic E-state index is -3.48. The van der Waals surface area contributed by atoms with E-state index in [0.29, 0.717) is 22.6 Å². The largest absolute Gasteiger partial charge is 0.399 e. The van der Waals surface area contributed by atoms with Crippen molar-refractivity contribution in [2.24, 2.45) is 5.92 Å². The summed E-state index contributed by atoms with van der Waals surface area (Å²) in [5.74, 6) is 0.575. The van der Waals surface area contributed by atoms with Crippen LogP contribution in [0.1, 0.15) is 26.7 Å². The van der Waals surface area contributed by atoms with Crippen LogP contribution in [0.3, 0.4) is 0 Å². The van der Waals surface area contributed by atoms with Crippen LogP contribution in [0.15, 0.2) is 27.6 Å². The van der Waals surface area contributed by atoms with E-state index in [1.54, 1.807) is 16.4 Å².